The first kappa shape index (κ1) is 14.2. The molecule has 2 N–H and O–H groups in total. The Morgan fingerprint density at radius 1 is 1.37 bits per heavy atom. The summed E-state index contributed by atoms with van der Waals surface area (Å²) in [5.41, 5.74) is 7.08. The van der Waals surface area contributed by atoms with E-state index >= 15 is 0 Å². The second-order valence-electron chi connectivity index (χ2n) is 5.29. The molecule has 3 nitrogen and oxygen atoms in total. The van der Waals surface area contributed by atoms with E-state index in [1.54, 1.807) is 0 Å². The van der Waals surface area contributed by atoms with Crippen LogP contribution in [-0.2, 0) is 9.53 Å². The smallest absolute Gasteiger partial charge is 0.134 e. The second-order valence-corrected chi connectivity index (χ2v) is 5.29. The van der Waals surface area contributed by atoms with Crippen LogP contribution < -0.4 is 5.73 Å². The Kier molecular flexibility index (Phi) is 5.55. The number of benzene rings is 1. The molecule has 1 aliphatic heterocycles. The molecular formula is C16H23NO2. The second kappa shape index (κ2) is 7.41. The van der Waals surface area contributed by atoms with E-state index in [0.29, 0.717) is 18.9 Å². The average Bonchev–Trinajstić information content (AvgIpc) is 2.93. The lowest BCUT2D eigenvalue weighted by atomic mass is 9.99. The molecule has 104 valence electrons. The lowest BCUT2D eigenvalue weighted by molar-refractivity contribution is -0.119. The van der Waals surface area contributed by atoms with Gasteiger partial charge in [0.05, 0.1) is 6.10 Å². The van der Waals surface area contributed by atoms with Gasteiger partial charge in [-0.15, -0.1) is 0 Å². The van der Waals surface area contributed by atoms with Crippen molar-refractivity contribution < 1.29 is 9.53 Å². The minimum atomic E-state index is -0.170. The van der Waals surface area contributed by atoms with Gasteiger partial charge in [-0.05, 0) is 31.2 Å². The van der Waals surface area contributed by atoms with Crippen molar-refractivity contribution in [1.82, 2.24) is 0 Å². The Morgan fingerprint density at radius 3 is 2.84 bits per heavy atom. The van der Waals surface area contributed by atoms with E-state index in [0.717, 1.165) is 37.9 Å². The number of carbonyl (C=O) groups excluding carboxylic acids is 1. The zero-order valence-corrected chi connectivity index (χ0v) is 11.4. The maximum absolute atomic E-state index is 11.9. The molecule has 0 aliphatic carbocycles. The normalized spacial score (nSPS) is 20.4. The average molecular weight is 261 g/mol. The highest BCUT2D eigenvalue weighted by atomic mass is 16.5. The van der Waals surface area contributed by atoms with E-state index in [4.69, 9.17) is 10.5 Å². The summed E-state index contributed by atoms with van der Waals surface area (Å²) in [6.07, 6.45) is 5.69. The predicted octanol–water partition coefficient (Wildman–Crippen LogP) is 2.99. The van der Waals surface area contributed by atoms with Gasteiger partial charge in [0.1, 0.15) is 5.78 Å². The van der Waals surface area contributed by atoms with Gasteiger partial charge in [0, 0.05) is 25.5 Å². The minimum absolute atomic E-state index is 0.170. The molecule has 3 heteroatoms. The van der Waals surface area contributed by atoms with Crippen molar-refractivity contribution in [3.63, 3.8) is 0 Å². The van der Waals surface area contributed by atoms with E-state index in [1.807, 2.05) is 30.3 Å². The Bertz CT molecular complexity index is 385. The summed E-state index contributed by atoms with van der Waals surface area (Å²) in [6, 6.07) is 9.65. The van der Waals surface area contributed by atoms with Gasteiger partial charge in [0.25, 0.3) is 0 Å². The summed E-state index contributed by atoms with van der Waals surface area (Å²) >= 11 is 0. The highest BCUT2D eigenvalue weighted by Gasteiger charge is 2.16. The maximum Gasteiger partial charge on any atom is 0.134 e. The number of ether oxygens (including phenoxy) is 1. The lowest BCUT2D eigenvalue weighted by Crippen LogP contribution is -2.15. The number of Topliss-reactive ketones (excluding diaryl/α,β-unsaturated/α-hetero) is 1. The number of rotatable bonds is 7. The molecule has 0 aromatic heterocycles. The molecule has 1 heterocycles. The number of hydrogen-bond donors (Lipinski definition) is 1. The van der Waals surface area contributed by atoms with Crippen molar-refractivity contribution in [1.29, 1.82) is 0 Å². The van der Waals surface area contributed by atoms with Crippen LogP contribution in [0.15, 0.2) is 30.3 Å². The van der Waals surface area contributed by atoms with Crippen LogP contribution in [0.4, 0.5) is 0 Å². The zero-order chi connectivity index (χ0) is 13.5. The van der Waals surface area contributed by atoms with Crippen molar-refractivity contribution >= 4 is 5.78 Å². The molecule has 0 saturated carbocycles. The van der Waals surface area contributed by atoms with Gasteiger partial charge < -0.3 is 10.5 Å². The van der Waals surface area contributed by atoms with E-state index in [2.05, 4.69) is 0 Å². The van der Waals surface area contributed by atoms with Crippen molar-refractivity contribution in [3.8, 4) is 0 Å². The lowest BCUT2D eigenvalue weighted by Gasteiger charge is -2.12. The van der Waals surface area contributed by atoms with Gasteiger partial charge in [-0.2, -0.15) is 0 Å². The number of hydrogen-bond acceptors (Lipinski definition) is 3. The van der Waals surface area contributed by atoms with Crippen LogP contribution in [-0.4, -0.2) is 18.5 Å². The Labute approximate surface area is 115 Å². The summed E-state index contributed by atoms with van der Waals surface area (Å²) in [5, 5.41) is 0. The molecule has 19 heavy (non-hydrogen) atoms. The van der Waals surface area contributed by atoms with Crippen LogP contribution >= 0.6 is 0 Å². The standard InChI is InChI=1S/C16H23NO2/c17-16(13-6-2-1-3-7-13)12-14(18)8-4-9-15-10-5-11-19-15/h1-3,6-7,15-16H,4-5,8-12,17H2. The quantitative estimate of drug-likeness (QED) is 0.821. The van der Waals surface area contributed by atoms with E-state index < -0.39 is 0 Å². The summed E-state index contributed by atoms with van der Waals surface area (Å²) in [6.45, 7) is 0.886. The van der Waals surface area contributed by atoms with Gasteiger partial charge in [-0.3, -0.25) is 4.79 Å². The largest absolute Gasteiger partial charge is 0.378 e. The molecule has 1 saturated heterocycles. The number of carbonyl (C=O) groups is 1. The van der Waals surface area contributed by atoms with Crippen molar-refractivity contribution in [2.24, 2.45) is 5.73 Å². The first-order chi connectivity index (χ1) is 9.25. The van der Waals surface area contributed by atoms with E-state index in [1.165, 1.54) is 0 Å². The molecule has 1 aliphatic rings. The molecule has 2 rings (SSSR count). The topological polar surface area (TPSA) is 52.3 Å². The SMILES string of the molecule is NC(CC(=O)CCCC1CCCO1)c1ccccc1. The Hall–Kier alpha value is -1.19. The molecule has 1 fully saturated rings. The Balaban J connectivity index is 1.66. The molecule has 0 bridgehead atoms. The third kappa shape index (κ3) is 4.77. The van der Waals surface area contributed by atoms with Gasteiger partial charge in [-0.25, -0.2) is 0 Å². The van der Waals surface area contributed by atoms with Gasteiger partial charge >= 0.3 is 0 Å². The first-order valence-electron chi connectivity index (χ1n) is 7.19. The molecule has 0 radical (unpaired) electrons. The highest BCUT2D eigenvalue weighted by molar-refractivity contribution is 5.79. The molecule has 1 aromatic carbocycles. The first-order valence-corrected chi connectivity index (χ1v) is 7.19. The third-order valence-electron chi connectivity index (χ3n) is 3.68. The maximum atomic E-state index is 11.9. The summed E-state index contributed by atoms with van der Waals surface area (Å²) in [7, 11) is 0. The van der Waals surface area contributed by atoms with Crippen molar-refractivity contribution in [2.75, 3.05) is 6.61 Å². The summed E-state index contributed by atoms with van der Waals surface area (Å²) in [5.74, 6) is 0.259. The van der Waals surface area contributed by atoms with Crippen LogP contribution in [0.1, 0.15) is 50.1 Å². The molecule has 0 spiro atoms. The molecule has 0 amide bonds. The predicted molar refractivity (Wildman–Crippen MR) is 75.8 cm³/mol. The molecular weight excluding hydrogens is 238 g/mol. The number of nitrogens with two attached hydrogens (primary N) is 1. The van der Waals surface area contributed by atoms with E-state index in [9.17, 15) is 4.79 Å². The fraction of sp³-hybridized carbons (Fsp3) is 0.562. The number of ketones is 1. The van der Waals surface area contributed by atoms with Crippen LogP contribution in [0.5, 0.6) is 0 Å². The summed E-state index contributed by atoms with van der Waals surface area (Å²) < 4.78 is 5.55. The fourth-order valence-corrected chi connectivity index (χ4v) is 2.56. The highest BCUT2D eigenvalue weighted by Crippen LogP contribution is 2.19. The monoisotopic (exact) mass is 261 g/mol. The third-order valence-corrected chi connectivity index (χ3v) is 3.68. The van der Waals surface area contributed by atoms with Crippen molar-refractivity contribution in [2.45, 2.75) is 50.7 Å². The van der Waals surface area contributed by atoms with Gasteiger partial charge in [-0.1, -0.05) is 30.3 Å². The minimum Gasteiger partial charge on any atom is -0.378 e. The summed E-state index contributed by atoms with van der Waals surface area (Å²) in [4.78, 5) is 11.9. The van der Waals surface area contributed by atoms with Crippen molar-refractivity contribution in [3.05, 3.63) is 35.9 Å². The van der Waals surface area contributed by atoms with E-state index in [-0.39, 0.29) is 11.8 Å². The Morgan fingerprint density at radius 2 is 2.16 bits per heavy atom. The zero-order valence-electron chi connectivity index (χ0n) is 11.4. The van der Waals surface area contributed by atoms with Crippen LogP contribution in [0.3, 0.4) is 0 Å². The van der Waals surface area contributed by atoms with Crippen LogP contribution in [0.2, 0.25) is 0 Å². The fourth-order valence-electron chi connectivity index (χ4n) is 2.56. The molecule has 2 atom stereocenters. The van der Waals surface area contributed by atoms with Crippen LogP contribution in [0.25, 0.3) is 0 Å². The van der Waals surface area contributed by atoms with Gasteiger partial charge in [0.15, 0.2) is 0 Å². The van der Waals surface area contributed by atoms with Gasteiger partial charge in [0.2, 0.25) is 0 Å². The molecule has 2 unspecified atom stereocenters. The molecule has 1 aromatic rings. The van der Waals surface area contributed by atoms with Crippen LogP contribution in [0, 0.1) is 0 Å².